The molecule has 4 nitrogen and oxygen atoms in total. The smallest absolute Gasteiger partial charge is 0.325 e. The minimum atomic E-state index is -4.35. The third kappa shape index (κ3) is 1.49. The highest BCUT2D eigenvalue weighted by atomic mass is 32.2. The molecule has 1 heterocycles. The van der Waals surface area contributed by atoms with Crippen molar-refractivity contribution in [3.63, 3.8) is 0 Å². The van der Waals surface area contributed by atoms with Crippen molar-refractivity contribution in [2.45, 2.75) is 11.8 Å². The van der Waals surface area contributed by atoms with Gasteiger partial charge in [-0.15, -0.1) is 0 Å². The predicted molar refractivity (Wildman–Crippen MR) is 34.5 cm³/mol. The summed E-state index contributed by atoms with van der Waals surface area (Å²) < 4.78 is 45.3. The molecule has 11 heavy (non-hydrogen) atoms. The molecule has 1 saturated heterocycles. The summed E-state index contributed by atoms with van der Waals surface area (Å²) in [6, 6.07) is -0.288. The topological polar surface area (TPSA) is 63.4 Å². The number of hydrogen-bond acceptors (Lipinski definition) is 3. The number of alkyl halides is 2. The Morgan fingerprint density at radius 3 is 2.18 bits per heavy atom. The second kappa shape index (κ2) is 2.65. The van der Waals surface area contributed by atoms with Crippen molar-refractivity contribution in [2.24, 2.45) is 5.73 Å². The van der Waals surface area contributed by atoms with Gasteiger partial charge in [0.2, 0.25) is 0 Å². The van der Waals surface area contributed by atoms with Gasteiger partial charge in [-0.2, -0.15) is 13.1 Å². The van der Waals surface area contributed by atoms with E-state index in [0.717, 1.165) is 0 Å². The van der Waals surface area contributed by atoms with Gasteiger partial charge in [-0.1, -0.05) is 0 Å². The number of nitrogens with two attached hydrogens (primary N) is 1. The molecular formula is C4H8F2N2O2S. The van der Waals surface area contributed by atoms with E-state index in [0.29, 0.717) is 4.31 Å². The lowest BCUT2D eigenvalue weighted by Crippen LogP contribution is -2.58. The minimum absolute atomic E-state index is 0.00662. The van der Waals surface area contributed by atoms with Crippen molar-refractivity contribution in [2.75, 3.05) is 13.1 Å². The lowest BCUT2D eigenvalue weighted by atomic mass is 10.2. The summed E-state index contributed by atoms with van der Waals surface area (Å²) in [6.07, 6.45) is 0. The Morgan fingerprint density at radius 1 is 1.45 bits per heavy atom. The van der Waals surface area contributed by atoms with Crippen LogP contribution in [0.25, 0.3) is 0 Å². The lowest BCUT2D eigenvalue weighted by molar-refractivity contribution is 0.194. The molecule has 1 aliphatic rings. The first-order valence-corrected chi connectivity index (χ1v) is 4.47. The molecular weight excluding hydrogens is 178 g/mol. The van der Waals surface area contributed by atoms with Crippen molar-refractivity contribution >= 4 is 10.0 Å². The van der Waals surface area contributed by atoms with Crippen LogP contribution >= 0.6 is 0 Å². The van der Waals surface area contributed by atoms with Crippen molar-refractivity contribution in [3.05, 3.63) is 0 Å². The van der Waals surface area contributed by atoms with Crippen molar-refractivity contribution in [3.8, 4) is 0 Å². The van der Waals surface area contributed by atoms with Gasteiger partial charge < -0.3 is 5.73 Å². The van der Waals surface area contributed by atoms with E-state index in [2.05, 4.69) is 0 Å². The molecule has 0 bridgehead atoms. The number of sulfonamides is 1. The number of nitrogens with zero attached hydrogens (tertiary/aromatic N) is 1. The van der Waals surface area contributed by atoms with E-state index < -0.39 is 15.8 Å². The molecule has 2 N–H and O–H groups in total. The highest BCUT2D eigenvalue weighted by Gasteiger charge is 2.39. The van der Waals surface area contributed by atoms with Gasteiger partial charge in [0.15, 0.2) is 0 Å². The Morgan fingerprint density at radius 2 is 1.91 bits per heavy atom. The van der Waals surface area contributed by atoms with Crippen molar-refractivity contribution in [1.29, 1.82) is 0 Å². The largest absolute Gasteiger partial charge is 0.350 e. The molecule has 0 amide bonds. The number of halogens is 2. The fraction of sp³-hybridized carbons (Fsp3) is 1.00. The number of hydrogen-bond donors (Lipinski definition) is 1. The van der Waals surface area contributed by atoms with E-state index in [4.69, 9.17) is 5.73 Å². The highest BCUT2D eigenvalue weighted by Crippen LogP contribution is 2.17. The summed E-state index contributed by atoms with van der Waals surface area (Å²) in [5, 5.41) is 0. The van der Waals surface area contributed by atoms with Gasteiger partial charge in [0.1, 0.15) is 0 Å². The molecule has 0 aromatic heterocycles. The predicted octanol–water partition coefficient (Wildman–Crippen LogP) is -0.818. The van der Waals surface area contributed by atoms with E-state index in [-0.39, 0.29) is 19.1 Å². The quantitative estimate of drug-likeness (QED) is 0.613. The van der Waals surface area contributed by atoms with Gasteiger partial charge in [0.25, 0.3) is 10.0 Å². The van der Waals surface area contributed by atoms with Crippen LogP contribution in [0.3, 0.4) is 0 Å². The Kier molecular flexibility index (Phi) is 2.13. The molecule has 7 heteroatoms. The third-order valence-electron chi connectivity index (χ3n) is 1.46. The molecule has 0 unspecified atom stereocenters. The van der Waals surface area contributed by atoms with Gasteiger partial charge >= 0.3 is 5.76 Å². The zero-order valence-corrected chi connectivity index (χ0v) is 6.39. The van der Waals surface area contributed by atoms with E-state index in [1.165, 1.54) is 0 Å². The first-order chi connectivity index (χ1) is 4.94. The van der Waals surface area contributed by atoms with Gasteiger partial charge in [-0.25, -0.2) is 8.42 Å². The molecule has 0 aromatic rings. The molecule has 0 aromatic carbocycles. The Hall–Kier alpha value is -0.270. The van der Waals surface area contributed by atoms with E-state index >= 15 is 0 Å². The monoisotopic (exact) mass is 186 g/mol. The maximum Gasteiger partial charge on any atom is 0.350 e. The Balaban J connectivity index is 2.62. The highest BCUT2D eigenvalue weighted by molar-refractivity contribution is 7.89. The maximum absolute atomic E-state index is 11.7. The van der Waals surface area contributed by atoms with Gasteiger partial charge in [0, 0.05) is 19.1 Å². The molecule has 0 spiro atoms. The summed E-state index contributed by atoms with van der Waals surface area (Å²) in [5.41, 5.74) is 5.21. The summed E-state index contributed by atoms with van der Waals surface area (Å²) in [4.78, 5) is 0. The van der Waals surface area contributed by atoms with E-state index in [1.54, 1.807) is 0 Å². The van der Waals surface area contributed by atoms with Crippen LogP contribution in [0.1, 0.15) is 0 Å². The third-order valence-corrected chi connectivity index (χ3v) is 2.93. The fourth-order valence-corrected chi connectivity index (χ4v) is 1.81. The molecule has 1 fully saturated rings. The molecule has 1 rings (SSSR count). The lowest BCUT2D eigenvalue weighted by Gasteiger charge is -2.34. The summed E-state index contributed by atoms with van der Waals surface area (Å²) in [6.45, 7) is 0.0132. The normalized spacial score (nSPS) is 22.2. The van der Waals surface area contributed by atoms with E-state index in [9.17, 15) is 17.2 Å². The average molecular weight is 186 g/mol. The zero-order valence-electron chi connectivity index (χ0n) is 5.57. The zero-order chi connectivity index (χ0) is 8.65. The van der Waals surface area contributed by atoms with Crippen LogP contribution in [0.2, 0.25) is 0 Å². The van der Waals surface area contributed by atoms with Gasteiger partial charge in [-0.3, -0.25) is 0 Å². The standard InChI is InChI=1S/C4H8F2N2O2S/c5-4(6)11(9,10)8-1-3(7)2-8/h3-4H,1-2,7H2. The average Bonchev–Trinajstić information content (AvgIpc) is 1.80. The molecule has 0 atom stereocenters. The first kappa shape index (κ1) is 8.82. The van der Waals surface area contributed by atoms with Gasteiger partial charge in [0.05, 0.1) is 0 Å². The molecule has 1 aliphatic heterocycles. The van der Waals surface area contributed by atoms with Crippen LogP contribution in [0, 0.1) is 0 Å². The summed E-state index contributed by atoms with van der Waals surface area (Å²) in [7, 11) is -4.35. The van der Waals surface area contributed by atoms with Crippen LogP contribution in [-0.4, -0.2) is 37.6 Å². The summed E-state index contributed by atoms with van der Waals surface area (Å²) >= 11 is 0. The maximum atomic E-state index is 11.7. The van der Waals surface area contributed by atoms with Crippen LogP contribution in [-0.2, 0) is 10.0 Å². The minimum Gasteiger partial charge on any atom is -0.325 e. The van der Waals surface area contributed by atoms with Gasteiger partial charge in [-0.05, 0) is 0 Å². The van der Waals surface area contributed by atoms with Crippen molar-refractivity contribution < 1.29 is 17.2 Å². The molecule has 0 aliphatic carbocycles. The van der Waals surface area contributed by atoms with Crippen LogP contribution in [0.15, 0.2) is 0 Å². The molecule has 66 valence electrons. The summed E-state index contributed by atoms with van der Waals surface area (Å²) in [5.74, 6) is -3.32. The number of rotatable bonds is 2. The second-order valence-electron chi connectivity index (χ2n) is 2.38. The van der Waals surface area contributed by atoms with Crippen LogP contribution < -0.4 is 5.73 Å². The second-order valence-corrected chi connectivity index (χ2v) is 4.29. The Bertz CT molecular complexity index is 234. The SMILES string of the molecule is NC1CN(S(=O)(=O)C(F)F)C1. The van der Waals surface area contributed by atoms with Crippen LogP contribution in [0.4, 0.5) is 8.78 Å². The fourth-order valence-electron chi connectivity index (χ4n) is 0.790. The van der Waals surface area contributed by atoms with E-state index in [1.807, 2.05) is 0 Å². The first-order valence-electron chi connectivity index (χ1n) is 2.97. The Labute approximate surface area is 63.0 Å². The molecule has 0 saturated carbocycles. The van der Waals surface area contributed by atoms with Crippen molar-refractivity contribution in [1.82, 2.24) is 4.31 Å². The van der Waals surface area contributed by atoms with Crippen LogP contribution in [0.5, 0.6) is 0 Å². The molecule has 0 radical (unpaired) electrons.